The molecular formula is C18H22F3N5. The minimum absolute atomic E-state index is 0.0664. The van der Waals surface area contributed by atoms with Gasteiger partial charge in [-0.25, -0.2) is 4.99 Å². The number of halogens is 3. The molecule has 0 aliphatic carbocycles. The van der Waals surface area contributed by atoms with Crippen molar-refractivity contribution in [3.05, 3.63) is 47.4 Å². The number of aliphatic imine (C=N–C) groups is 1. The van der Waals surface area contributed by atoms with Gasteiger partial charge in [0.05, 0.1) is 17.3 Å². The van der Waals surface area contributed by atoms with E-state index in [2.05, 4.69) is 32.4 Å². The van der Waals surface area contributed by atoms with Crippen molar-refractivity contribution in [2.45, 2.75) is 26.4 Å². The van der Waals surface area contributed by atoms with E-state index in [0.29, 0.717) is 17.7 Å². The maximum atomic E-state index is 13.7. The Labute approximate surface area is 150 Å². The van der Waals surface area contributed by atoms with Crippen molar-refractivity contribution in [2.75, 3.05) is 14.1 Å². The van der Waals surface area contributed by atoms with Crippen LogP contribution < -0.4 is 10.6 Å². The van der Waals surface area contributed by atoms with Gasteiger partial charge in [0, 0.05) is 25.2 Å². The second kappa shape index (κ2) is 7.63. The quantitative estimate of drug-likeness (QED) is 0.556. The fraction of sp³-hybridized carbons (Fsp3) is 0.333. The van der Waals surface area contributed by atoms with Crippen LogP contribution in [0.5, 0.6) is 0 Å². The summed E-state index contributed by atoms with van der Waals surface area (Å²) in [5, 5.41) is 12.6. The number of nitrogens with one attached hydrogen (secondary N) is 3. The lowest BCUT2D eigenvalue weighted by Gasteiger charge is -2.20. The number of aryl methyl sites for hydroxylation is 1. The van der Waals surface area contributed by atoms with Crippen molar-refractivity contribution < 1.29 is 13.2 Å². The fourth-order valence-corrected chi connectivity index (χ4v) is 2.66. The number of fused-ring (bicyclic) bond motifs is 1. The summed E-state index contributed by atoms with van der Waals surface area (Å²) in [6, 6.07) is 3.34. The molecule has 3 N–H and O–H groups in total. The normalized spacial score (nSPS) is 13.6. The molecule has 0 saturated carbocycles. The number of alkyl halides is 3. The van der Waals surface area contributed by atoms with Gasteiger partial charge in [-0.2, -0.15) is 18.3 Å². The molecule has 1 heterocycles. The summed E-state index contributed by atoms with van der Waals surface area (Å²) in [6.45, 7) is 7.43. The first kappa shape index (κ1) is 19.6. The van der Waals surface area contributed by atoms with Crippen LogP contribution in [0.15, 0.2) is 41.3 Å². The Morgan fingerprint density at radius 1 is 1.27 bits per heavy atom. The Balaban J connectivity index is 2.84. The van der Waals surface area contributed by atoms with Crippen LogP contribution in [0.25, 0.3) is 16.5 Å². The highest BCUT2D eigenvalue weighted by molar-refractivity contribution is 6.24. The molecule has 0 aliphatic heterocycles. The summed E-state index contributed by atoms with van der Waals surface area (Å²) < 4.78 is 41.0. The van der Waals surface area contributed by atoms with Crippen LogP contribution in [0.4, 0.5) is 13.2 Å². The van der Waals surface area contributed by atoms with Crippen molar-refractivity contribution in [1.82, 2.24) is 20.8 Å². The van der Waals surface area contributed by atoms with Gasteiger partial charge in [0.25, 0.3) is 0 Å². The molecule has 0 radical (unpaired) electrons. The second-order valence-electron chi connectivity index (χ2n) is 5.76. The third-order valence-electron chi connectivity index (χ3n) is 3.97. The first-order valence-electron chi connectivity index (χ1n) is 8.10. The minimum Gasteiger partial charge on any atom is -0.384 e. The summed E-state index contributed by atoms with van der Waals surface area (Å²) >= 11 is 0. The number of H-pyrrole nitrogens is 1. The van der Waals surface area contributed by atoms with Gasteiger partial charge < -0.3 is 10.6 Å². The van der Waals surface area contributed by atoms with Gasteiger partial charge in [0.15, 0.2) is 0 Å². The van der Waals surface area contributed by atoms with E-state index in [1.807, 2.05) is 13.8 Å². The van der Waals surface area contributed by atoms with Crippen molar-refractivity contribution in [3.63, 3.8) is 0 Å². The third kappa shape index (κ3) is 3.89. The Morgan fingerprint density at radius 3 is 2.50 bits per heavy atom. The van der Waals surface area contributed by atoms with E-state index in [0.717, 1.165) is 16.5 Å². The van der Waals surface area contributed by atoms with Crippen molar-refractivity contribution >= 4 is 22.3 Å². The number of benzene rings is 1. The lowest BCUT2D eigenvalue weighted by molar-refractivity contribution is -0.0952. The zero-order valence-electron chi connectivity index (χ0n) is 15.2. The summed E-state index contributed by atoms with van der Waals surface area (Å²) in [7, 11) is 2.78. The fourth-order valence-electron chi connectivity index (χ4n) is 2.66. The highest BCUT2D eigenvalue weighted by Crippen LogP contribution is 2.33. The summed E-state index contributed by atoms with van der Waals surface area (Å²) in [5.74, 6) is 0.0979. The molecule has 0 amide bonds. The molecule has 0 saturated heterocycles. The minimum atomic E-state index is -4.57. The molecule has 0 bridgehead atoms. The van der Waals surface area contributed by atoms with E-state index in [9.17, 15) is 13.2 Å². The molecule has 0 spiro atoms. The number of hydrogen-bond acceptors (Lipinski definition) is 3. The van der Waals surface area contributed by atoms with Crippen LogP contribution in [0.3, 0.4) is 0 Å². The number of nitrogens with zero attached hydrogens (tertiary/aromatic N) is 2. The molecule has 0 aliphatic rings. The Morgan fingerprint density at radius 2 is 1.96 bits per heavy atom. The van der Waals surface area contributed by atoms with Gasteiger partial charge in [-0.3, -0.25) is 5.10 Å². The maximum Gasteiger partial charge on any atom is 0.431 e. The lowest BCUT2D eigenvalue weighted by Crippen LogP contribution is -2.31. The van der Waals surface area contributed by atoms with E-state index in [4.69, 9.17) is 0 Å². The Bertz CT molecular complexity index is 875. The third-order valence-corrected chi connectivity index (χ3v) is 3.97. The number of aromatic amines is 1. The maximum absolute atomic E-state index is 13.7. The predicted molar refractivity (Wildman–Crippen MR) is 98.8 cm³/mol. The zero-order valence-corrected chi connectivity index (χ0v) is 15.2. The van der Waals surface area contributed by atoms with Gasteiger partial charge in [0.2, 0.25) is 0 Å². The molecule has 0 unspecified atom stereocenters. The predicted octanol–water partition coefficient (Wildman–Crippen LogP) is 3.91. The van der Waals surface area contributed by atoms with Crippen LogP contribution in [0.2, 0.25) is 0 Å². The van der Waals surface area contributed by atoms with Gasteiger partial charge in [-0.1, -0.05) is 13.5 Å². The number of aromatic nitrogens is 2. The van der Waals surface area contributed by atoms with Crippen LogP contribution in [0, 0.1) is 6.92 Å². The first-order valence-corrected chi connectivity index (χ1v) is 8.10. The average molecular weight is 365 g/mol. The van der Waals surface area contributed by atoms with E-state index < -0.39 is 11.9 Å². The first-order chi connectivity index (χ1) is 12.2. The number of amidine groups is 1. The average Bonchev–Trinajstić information content (AvgIpc) is 3.05. The van der Waals surface area contributed by atoms with Gasteiger partial charge in [0.1, 0.15) is 11.5 Å². The lowest BCUT2D eigenvalue weighted by atomic mass is 9.97. The van der Waals surface area contributed by atoms with Crippen LogP contribution >= 0.6 is 0 Å². The number of likely N-dealkylation sites (N-methyl/N-ethyl adjacent to an activating group) is 1. The van der Waals surface area contributed by atoms with Gasteiger partial charge in [-0.15, -0.1) is 0 Å². The zero-order chi connectivity index (χ0) is 19.5. The van der Waals surface area contributed by atoms with Crippen LogP contribution in [-0.4, -0.2) is 36.3 Å². The second-order valence-corrected chi connectivity index (χ2v) is 5.76. The molecule has 5 nitrogen and oxygen atoms in total. The molecule has 2 rings (SSSR count). The molecule has 2 aromatic rings. The number of rotatable bonds is 5. The van der Waals surface area contributed by atoms with Gasteiger partial charge in [-0.05, 0) is 36.6 Å². The summed E-state index contributed by atoms with van der Waals surface area (Å²) in [6.07, 6.45) is -2.47. The molecule has 8 heteroatoms. The molecule has 26 heavy (non-hydrogen) atoms. The highest BCUT2D eigenvalue weighted by Gasteiger charge is 2.37. The summed E-state index contributed by atoms with van der Waals surface area (Å²) in [5.41, 5.74) is 1.49. The molecule has 0 atom stereocenters. The van der Waals surface area contributed by atoms with E-state index in [-0.39, 0.29) is 11.4 Å². The van der Waals surface area contributed by atoms with E-state index in [1.54, 1.807) is 18.3 Å². The standard InChI is InChI=1S/C18H22F3N5/c1-6-11(3)25-17(23-5)14(16(22-4)18(19,20)21)12-7-10(2)15-13(8-12)9-24-26-15/h7-9,22H,3,6H2,1-2,4-5H3,(H,23,25)(H,24,26)/b16-14-. The monoisotopic (exact) mass is 365 g/mol. The van der Waals surface area contributed by atoms with Crippen molar-refractivity contribution in [2.24, 2.45) is 4.99 Å². The van der Waals surface area contributed by atoms with E-state index in [1.165, 1.54) is 14.1 Å². The van der Waals surface area contributed by atoms with Gasteiger partial charge >= 0.3 is 6.18 Å². The topological polar surface area (TPSA) is 65.1 Å². The molecule has 0 fully saturated rings. The van der Waals surface area contributed by atoms with Crippen molar-refractivity contribution in [1.29, 1.82) is 0 Å². The number of allylic oxidation sites excluding steroid dienone is 2. The SMILES string of the molecule is C=C(CC)/N=C(NC)/C(=C(\NC)C(F)(F)F)c1cc(C)c2[nH]ncc2c1. The smallest absolute Gasteiger partial charge is 0.384 e. The molecule has 140 valence electrons. The Kier molecular flexibility index (Phi) is 5.74. The van der Waals surface area contributed by atoms with Crippen LogP contribution in [-0.2, 0) is 0 Å². The summed E-state index contributed by atoms with van der Waals surface area (Å²) in [4.78, 5) is 4.26. The molecule has 1 aromatic heterocycles. The Hall–Kier alpha value is -2.77. The molecule has 1 aromatic carbocycles. The van der Waals surface area contributed by atoms with E-state index >= 15 is 0 Å². The van der Waals surface area contributed by atoms with Crippen molar-refractivity contribution in [3.8, 4) is 0 Å². The number of hydrogen-bond donors (Lipinski definition) is 3. The molecular weight excluding hydrogens is 343 g/mol. The highest BCUT2D eigenvalue weighted by atomic mass is 19.4. The van der Waals surface area contributed by atoms with Crippen LogP contribution in [0.1, 0.15) is 24.5 Å². The largest absolute Gasteiger partial charge is 0.431 e.